The first kappa shape index (κ1) is 14.6. The van der Waals surface area contributed by atoms with E-state index in [4.69, 9.17) is 5.11 Å². The predicted octanol–water partition coefficient (Wildman–Crippen LogP) is 3.04. The van der Waals surface area contributed by atoms with Crippen LogP contribution in [0.15, 0.2) is 24.3 Å². The van der Waals surface area contributed by atoms with E-state index in [2.05, 4.69) is 0 Å². The fraction of sp³-hybridized carbons (Fsp3) is 0.500. The molecule has 0 aliphatic heterocycles. The van der Waals surface area contributed by atoms with Crippen LogP contribution in [-0.2, 0) is 0 Å². The van der Waals surface area contributed by atoms with Gasteiger partial charge in [0.05, 0.1) is 5.56 Å². The Kier molecular flexibility index (Phi) is 4.77. The van der Waals surface area contributed by atoms with Crippen molar-refractivity contribution in [1.82, 2.24) is 4.90 Å². The molecule has 0 atom stereocenters. The minimum atomic E-state index is -1.01. The van der Waals surface area contributed by atoms with Crippen LogP contribution in [0.4, 0.5) is 0 Å². The van der Waals surface area contributed by atoms with Gasteiger partial charge in [0.1, 0.15) is 0 Å². The molecule has 1 saturated carbocycles. The molecule has 4 heteroatoms. The predicted molar refractivity (Wildman–Crippen MR) is 76.9 cm³/mol. The van der Waals surface area contributed by atoms with E-state index in [0.29, 0.717) is 11.5 Å². The largest absolute Gasteiger partial charge is 0.478 e. The zero-order valence-electron chi connectivity index (χ0n) is 11.8. The molecule has 1 aliphatic carbocycles. The Hall–Kier alpha value is -1.84. The molecule has 1 fully saturated rings. The summed E-state index contributed by atoms with van der Waals surface area (Å²) in [5.41, 5.74) is 0.602. The average Bonchev–Trinajstić information content (AvgIpc) is 2.47. The molecule has 1 N–H and O–H groups in total. The van der Waals surface area contributed by atoms with Gasteiger partial charge in [0, 0.05) is 19.2 Å². The van der Waals surface area contributed by atoms with Crippen molar-refractivity contribution in [3.63, 3.8) is 0 Å². The first-order chi connectivity index (χ1) is 9.58. The summed E-state index contributed by atoms with van der Waals surface area (Å²) in [6, 6.07) is 6.24. The number of benzene rings is 1. The standard InChI is InChI=1S/C16H21NO3/c1-17(11-12-6-3-2-4-7-12)15(18)13-8-5-9-14(10-13)16(19)20/h5,8-10,12H,2-4,6-7,11H2,1H3,(H,19,20). The lowest BCUT2D eigenvalue weighted by Gasteiger charge is -2.27. The lowest BCUT2D eigenvalue weighted by Crippen LogP contribution is -2.32. The second-order valence-electron chi connectivity index (χ2n) is 5.58. The van der Waals surface area contributed by atoms with Crippen LogP contribution in [0.1, 0.15) is 52.8 Å². The Morgan fingerprint density at radius 3 is 2.50 bits per heavy atom. The molecule has 1 aliphatic rings. The number of rotatable bonds is 4. The lowest BCUT2D eigenvalue weighted by molar-refractivity contribution is 0.0697. The van der Waals surface area contributed by atoms with Crippen molar-refractivity contribution in [3.8, 4) is 0 Å². The van der Waals surface area contributed by atoms with E-state index in [1.807, 2.05) is 0 Å². The van der Waals surface area contributed by atoms with Gasteiger partial charge in [-0.15, -0.1) is 0 Å². The number of carboxylic acids is 1. The van der Waals surface area contributed by atoms with Crippen LogP contribution in [0.5, 0.6) is 0 Å². The lowest BCUT2D eigenvalue weighted by atomic mass is 9.89. The molecule has 1 aromatic rings. The van der Waals surface area contributed by atoms with E-state index in [9.17, 15) is 9.59 Å². The maximum Gasteiger partial charge on any atom is 0.335 e. The molecule has 0 aromatic heterocycles. The molecular weight excluding hydrogens is 254 g/mol. The maximum absolute atomic E-state index is 12.3. The molecule has 2 rings (SSSR count). The highest BCUT2D eigenvalue weighted by molar-refractivity contribution is 5.97. The zero-order valence-corrected chi connectivity index (χ0v) is 11.8. The topological polar surface area (TPSA) is 57.6 Å². The molecule has 0 bridgehead atoms. The minimum Gasteiger partial charge on any atom is -0.478 e. The SMILES string of the molecule is CN(CC1CCCCC1)C(=O)c1cccc(C(=O)O)c1. The summed E-state index contributed by atoms with van der Waals surface area (Å²) in [5.74, 6) is -0.520. The van der Waals surface area contributed by atoms with Crippen molar-refractivity contribution in [2.24, 2.45) is 5.92 Å². The summed E-state index contributed by atoms with van der Waals surface area (Å²) in [6.07, 6.45) is 6.18. The maximum atomic E-state index is 12.3. The summed E-state index contributed by atoms with van der Waals surface area (Å²) >= 11 is 0. The van der Waals surface area contributed by atoms with Gasteiger partial charge in [-0.3, -0.25) is 4.79 Å². The molecule has 4 nitrogen and oxygen atoms in total. The normalized spacial score (nSPS) is 15.8. The molecule has 0 radical (unpaired) electrons. The zero-order chi connectivity index (χ0) is 14.5. The van der Waals surface area contributed by atoms with Crippen molar-refractivity contribution in [3.05, 3.63) is 35.4 Å². The summed E-state index contributed by atoms with van der Waals surface area (Å²) in [7, 11) is 1.80. The fourth-order valence-corrected chi connectivity index (χ4v) is 2.85. The van der Waals surface area contributed by atoms with Crippen LogP contribution in [0.25, 0.3) is 0 Å². The van der Waals surface area contributed by atoms with Crippen molar-refractivity contribution < 1.29 is 14.7 Å². The monoisotopic (exact) mass is 275 g/mol. The number of carbonyl (C=O) groups excluding carboxylic acids is 1. The molecule has 0 unspecified atom stereocenters. The smallest absolute Gasteiger partial charge is 0.335 e. The Balaban J connectivity index is 2.02. The molecule has 1 aromatic carbocycles. The Morgan fingerprint density at radius 2 is 1.85 bits per heavy atom. The van der Waals surface area contributed by atoms with Crippen LogP contribution in [-0.4, -0.2) is 35.5 Å². The second-order valence-corrected chi connectivity index (χ2v) is 5.58. The Bertz CT molecular complexity index is 492. The van der Waals surface area contributed by atoms with Gasteiger partial charge in [-0.05, 0) is 37.0 Å². The summed E-state index contributed by atoms with van der Waals surface area (Å²) in [5, 5.41) is 8.97. The van der Waals surface area contributed by atoms with Crippen LogP contribution in [0.3, 0.4) is 0 Å². The Morgan fingerprint density at radius 1 is 1.20 bits per heavy atom. The quantitative estimate of drug-likeness (QED) is 0.918. The third-order valence-corrected chi connectivity index (χ3v) is 3.96. The highest BCUT2D eigenvalue weighted by Gasteiger charge is 2.19. The number of aromatic carboxylic acids is 1. The van der Waals surface area contributed by atoms with Crippen molar-refractivity contribution in [1.29, 1.82) is 0 Å². The third kappa shape index (κ3) is 3.59. The molecule has 0 spiro atoms. The van der Waals surface area contributed by atoms with E-state index in [1.54, 1.807) is 24.1 Å². The number of hydrogen-bond donors (Lipinski definition) is 1. The van der Waals surface area contributed by atoms with Gasteiger partial charge in [0.2, 0.25) is 0 Å². The number of hydrogen-bond acceptors (Lipinski definition) is 2. The van der Waals surface area contributed by atoms with Gasteiger partial charge < -0.3 is 10.0 Å². The van der Waals surface area contributed by atoms with Gasteiger partial charge in [-0.2, -0.15) is 0 Å². The summed E-state index contributed by atoms with van der Waals surface area (Å²) in [4.78, 5) is 25.0. The van der Waals surface area contributed by atoms with Gasteiger partial charge in [0.15, 0.2) is 0 Å². The molecular formula is C16H21NO3. The minimum absolute atomic E-state index is 0.0985. The number of carboxylic acid groups (broad SMARTS) is 1. The molecule has 0 heterocycles. The molecule has 1 amide bonds. The van der Waals surface area contributed by atoms with Crippen molar-refractivity contribution >= 4 is 11.9 Å². The van der Waals surface area contributed by atoms with E-state index in [0.717, 1.165) is 6.54 Å². The van der Waals surface area contributed by atoms with Gasteiger partial charge in [-0.1, -0.05) is 25.3 Å². The van der Waals surface area contributed by atoms with Gasteiger partial charge in [-0.25, -0.2) is 4.79 Å². The van der Waals surface area contributed by atoms with Crippen molar-refractivity contribution in [2.45, 2.75) is 32.1 Å². The first-order valence-corrected chi connectivity index (χ1v) is 7.17. The van der Waals surface area contributed by atoms with E-state index in [1.165, 1.54) is 44.2 Å². The number of amides is 1. The van der Waals surface area contributed by atoms with E-state index in [-0.39, 0.29) is 11.5 Å². The van der Waals surface area contributed by atoms with Crippen LogP contribution < -0.4 is 0 Å². The highest BCUT2D eigenvalue weighted by Crippen LogP contribution is 2.24. The van der Waals surface area contributed by atoms with Crippen LogP contribution in [0.2, 0.25) is 0 Å². The highest BCUT2D eigenvalue weighted by atomic mass is 16.4. The average molecular weight is 275 g/mol. The molecule has 0 saturated heterocycles. The van der Waals surface area contributed by atoms with Crippen molar-refractivity contribution in [2.75, 3.05) is 13.6 Å². The summed E-state index contributed by atoms with van der Waals surface area (Å²) in [6.45, 7) is 0.760. The number of carbonyl (C=O) groups is 2. The molecule has 108 valence electrons. The van der Waals surface area contributed by atoms with E-state index < -0.39 is 5.97 Å². The van der Waals surface area contributed by atoms with Crippen LogP contribution >= 0.6 is 0 Å². The van der Waals surface area contributed by atoms with Gasteiger partial charge >= 0.3 is 5.97 Å². The second kappa shape index (κ2) is 6.55. The van der Waals surface area contributed by atoms with Gasteiger partial charge in [0.25, 0.3) is 5.91 Å². The fourth-order valence-electron chi connectivity index (χ4n) is 2.85. The Labute approximate surface area is 119 Å². The van der Waals surface area contributed by atoms with E-state index >= 15 is 0 Å². The number of nitrogens with zero attached hydrogens (tertiary/aromatic N) is 1. The first-order valence-electron chi connectivity index (χ1n) is 7.17. The summed E-state index contributed by atoms with van der Waals surface area (Å²) < 4.78 is 0. The molecule has 20 heavy (non-hydrogen) atoms. The van der Waals surface area contributed by atoms with Crippen LogP contribution in [0, 0.1) is 5.92 Å². The third-order valence-electron chi connectivity index (χ3n) is 3.96.